The van der Waals surface area contributed by atoms with Gasteiger partial charge in [-0.25, -0.2) is 0 Å². The van der Waals surface area contributed by atoms with Gasteiger partial charge in [0.1, 0.15) is 0 Å². The fraction of sp³-hybridized carbons (Fsp3) is 0.526. The molecule has 26 heavy (non-hydrogen) atoms. The number of nitrogens with zero attached hydrogens (tertiary/aromatic N) is 1. The van der Waals surface area contributed by atoms with Crippen molar-refractivity contribution in [3.05, 3.63) is 35.0 Å². The van der Waals surface area contributed by atoms with Gasteiger partial charge in [-0.3, -0.25) is 4.99 Å². The summed E-state index contributed by atoms with van der Waals surface area (Å²) in [5.74, 6) is 0.812. The summed E-state index contributed by atoms with van der Waals surface area (Å²) in [5.41, 5.74) is 2.36. The summed E-state index contributed by atoms with van der Waals surface area (Å²) in [6.45, 7) is 3.93. The Bertz CT molecular complexity index is 725. The van der Waals surface area contributed by atoms with Crippen LogP contribution in [0.3, 0.4) is 0 Å². The first kappa shape index (κ1) is 19.0. The summed E-state index contributed by atoms with van der Waals surface area (Å²) in [4.78, 5) is 7.55. The second-order valence-electron chi connectivity index (χ2n) is 6.39. The van der Waals surface area contributed by atoms with Crippen LogP contribution in [0.4, 0.5) is 0 Å². The average Bonchev–Trinajstić information content (AvgIpc) is 3.30. The zero-order valence-corrected chi connectivity index (χ0v) is 15.9. The van der Waals surface area contributed by atoms with Gasteiger partial charge < -0.3 is 25.1 Å². The lowest BCUT2D eigenvalue weighted by Gasteiger charge is -2.13. The van der Waals surface area contributed by atoms with Crippen LogP contribution in [0.2, 0.25) is 5.02 Å². The normalized spacial score (nSPS) is 17.8. The average molecular weight is 379 g/mol. The first-order valence-corrected chi connectivity index (χ1v) is 9.53. The number of guanidine groups is 1. The molecule has 3 N–H and O–H groups in total. The minimum absolute atomic E-state index is 0.275. The minimum Gasteiger partial charge on any atom is -0.379 e. The summed E-state index contributed by atoms with van der Waals surface area (Å²) in [7, 11) is 1.78. The van der Waals surface area contributed by atoms with E-state index in [0.29, 0.717) is 0 Å². The Labute approximate surface area is 159 Å². The lowest BCUT2D eigenvalue weighted by molar-refractivity contribution is 0.0420. The van der Waals surface area contributed by atoms with Crippen LogP contribution in [0.15, 0.2) is 29.4 Å². The number of fused-ring (bicyclic) bond motifs is 1. The Morgan fingerprint density at radius 2 is 2.27 bits per heavy atom. The van der Waals surface area contributed by atoms with Crippen LogP contribution >= 0.6 is 11.6 Å². The second-order valence-corrected chi connectivity index (χ2v) is 6.83. The van der Waals surface area contributed by atoms with E-state index in [-0.39, 0.29) is 6.10 Å². The van der Waals surface area contributed by atoms with E-state index in [1.807, 2.05) is 24.4 Å². The molecule has 0 radical (unpaired) electrons. The molecule has 1 unspecified atom stereocenters. The lowest BCUT2D eigenvalue weighted by Crippen LogP contribution is -2.39. The van der Waals surface area contributed by atoms with Crippen molar-refractivity contribution in [3.8, 4) is 0 Å². The van der Waals surface area contributed by atoms with Crippen LogP contribution < -0.4 is 10.6 Å². The van der Waals surface area contributed by atoms with Crippen LogP contribution in [0.1, 0.15) is 18.4 Å². The molecule has 7 heteroatoms. The third kappa shape index (κ3) is 5.37. The summed E-state index contributed by atoms with van der Waals surface area (Å²) in [5, 5.41) is 8.61. The number of aliphatic imine (C=N–C) groups is 1. The molecule has 2 heterocycles. The summed E-state index contributed by atoms with van der Waals surface area (Å²) in [6, 6.07) is 5.91. The Balaban J connectivity index is 1.35. The monoisotopic (exact) mass is 378 g/mol. The van der Waals surface area contributed by atoms with E-state index in [1.54, 1.807) is 7.05 Å². The molecule has 0 aliphatic carbocycles. The number of ether oxygens (including phenoxy) is 2. The first-order valence-electron chi connectivity index (χ1n) is 9.15. The van der Waals surface area contributed by atoms with Gasteiger partial charge in [0.15, 0.2) is 5.96 Å². The molecule has 1 aliphatic rings. The highest BCUT2D eigenvalue weighted by Crippen LogP contribution is 2.22. The molecular weight excluding hydrogens is 352 g/mol. The summed E-state index contributed by atoms with van der Waals surface area (Å²) < 4.78 is 11.1. The first-order chi connectivity index (χ1) is 12.8. The van der Waals surface area contributed by atoms with Crippen molar-refractivity contribution in [3.63, 3.8) is 0 Å². The van der Waals surface area contributed by atoms with E-state index in [9.17, 15) is 0 Å². The van der Waals surface area contributed by atoms with Gasteiger partial charge in [0, 0.05) is 55.5 Å². The van der Waals surface area contributed by atoms with Gasteiger partial charge in [0.2, 0.25) is 0 Å². The van der Waals surface area contributed by atoms with Crippen molar-refractivity contribution in [2.75, 3.05) is 40.0 Å². The molecule has 0 spiro atoms. The Kier molecular flexibility index (Phi) is 7.17. The van der Waals surface area contributed by atoms with Crippen LogP contribution in [-0.4, -0.2) is 57.0 Å². The quantitative estimate of drug-likeness (QED) is 0.375. The number of halogens is 1. The zero-order valence-electron chi connectivity index (χ0n) is 15.2. The van der Waals surface area contributed by atoms with Crippen molar-refractivity contribution in [2.24, 2.45) is 4.99 Å². The molecule has 3 rings (SSSR count). The summed E-state index contributed by atoms with van der Waals surface area (Å²) in [6.07, 6.45) is 5.17. The number of H-pyrrole nitrogens is 1. The number of hydrogen-bond acceptors (Lipinski definition) is 3. The largest absolute Gasteiger partial charge is 0.379 e. The topological polar surface area (TPSA) is 70.7 Å². The Morgan fingerprint density at radius 3 is 3.08 bits per heavy atom. The number of hydrogen-bond donors (Lipinski definition) is 3. The number of nitrogens with one attached hydrogen (secondary N) is 3. The van der Waals surface area contributed by atoms with Gasteiger partial charge in [-0.2, -0.15) is 0 Å². The van der Waals surface area contributed by atoms with Crippen molar-refractivity contribution in [2.45, 2.75) is 25.4 Å². The lowest BCUT2D eigenvalue weighted by atomic mass is 10.1. The van der Waals surface area contributed by atoms with E-state index >= 15 is 0 Å². The molecule has 142 valence electrons. The van der Waals surface area contributed by atoms with E-state index in [0.717, 1.165) is 68.7 Å². The predicted molar refractivity (Wildman–Crippen MR) is 106 cm³/mol. The molecular formula is C19H27ClN4O2. The summed E-state index contributed by atoms with van der Waals surface area (Å²) >= 11 is 6.10. The molecule has 6 nitrogen and oxygen atoms in total. The van der Waals surface area contributed by atoms with Crippen molar-refractivity contribution >= 4 is 28.5 Å². The second kappa shape index (κ2) is 9.80. The smallest absolute Gasteiger partial charge is 0.190 e. The molecule has 1 aromatic heterocycles. The Hall–Kier alpha value is -1.76. The molecule has 1 saturated heterocycles. The highest BCUT2D eigenvalue weighted by atomic mass is 35.5. The third-order valence-electron chi connectivity index (χ3n) is 4.49. The molecule has 1 aromatic carbocycles. The van der Waals surface area contributed by atoms with E-state index in [1.165, 1.54) is 10.9 Å². The van der Waals surface area contributed by atoms with Crippen LogP contribution in [0.5, 0.6) is 0 Å². The number of aromatic nitrogens is 1. The maximum atomic E-state index is 6.10. The predicted octanol–water partition coefficient (Wildman–Crippen LogP) is 2.72. The number of aromatic amines is 1. The SMILES string of the molecule is CN=C(NCCCOC1CCOC1)NCCc1c[nH]c2ccc(Cl)cc12. The molecule has 1 atom stereocenters. The van der Waals surface area contributed by atoms with Gasteiger partial charge in [-0.15, -0.1) is 0 Å². The fourth-order valence-electron chi connectivity index (χ4n) is 3.07. The maximum absolute atomic E-state index is 6.10. The van der Waals surface area contributed by atoms with Crippen molar-refractivity contribution in [1.82, 2.24) is 15.6 Å². The number of benzene rings is 1. The van der Waals surface area contributed by atoms with E-state index < -0.39 is 0 Å². The standard InChI is InChI=1S/C19H27ClN4O2/c1-21-19(22-7-2-9-26-16-6-10-25-13-16)23-8-5-14-12-24-18-4-3-15(20)11-17(14)18/h3-4,11-12,16,24H,2,5-10,13H2,1H3,(H2,21,22,23). The zero-order chi connectivity index (χ0) is 18.2. The highest BCUT2D eigenvalue weighted by molar-refractivity contribution is 6.31. The van der Waals surface area contributed by atoms with Crippen LogP contribution in [0.25, 0.3) is 10.9 Å². The van der Waals surface area contributed by atoms with Gasteiger partial charge in [-0.05, 0) is 43.0 Å². The van der Waals surface area contributed by atoms with Gasteiger partial charge >= 0.3 is 0 Å². The van der Waals surface area contributed by atoms with E-state index in [2.05, 4.69) is 20.6 Å². The maximum Gasteiger partial charge on any atom is 0.190 e. The Morgan fingerprint density at radius 1 is 1.38 bits per heavy atom. The van der Waals surface area contributed by atoms with Crippen LogP contribution in [0, 0.1) is 0 Å². The molecule has 0 saturated carbocycles. The molecule has 0 amide bonds. The molecule has 1 fully saturated rings. The highest BCUT2D eigenvalue weighted by Gasteiger charge is 2.15. The van der Waals surface area contributed by atoms with Gasteiger partial charge in [-0.1, -0.05) is 11.6 Å². The number of rotatable bonds is 8. The van der Waals surface area contributed by atoms with Crippen molar-refractivity contribution < 1.29 is 9.47 Å². The van der Waals surface area contributed by atoms with Gasteiger partial charge in [0.05, 0.1) is 12.7 Å². The van der Waals surface area contributed by atoms with Crippen LogP contribution in [-0.2, 0) is 15.9 Å². The third-order valence-corrected chi connectivity index (χ3v) is 4.73. The van der Waals surface area contributed by atoms with E-state index in [4.69, 9.17) is 21.1 Å². The van der Waals surface area contributed by atoms with Crippen molar-refractivity contribution in [1.29, 1.82) is 0 Å². The van der Waals surface area contributed by atoms with Gasteiger partial charge in [0.25, 0.3) is 0 Å². The molecule has 0 bridgehead atoms. The fourth-order valence-corrected chi connectivity index (χ4v) is 3.24. The minimum atomic E-state index is 0.275. The molecule has 2 aromatic rings. The molecule has 1 aliphatic heterocycles.